The van der Waals surface area contributed by atoms with Crippen LogP contribution in [0.4, 0.5) is 4.39 Å². The molecule has 1 N–H and O–H groups in total. The molecule has 1 fully saturated rings. The standard InChI is InChI=1S/C18H21FN2O3/c1-11-16(12(2)24-20-11)9-18(23)21(15-7-8-15)10-17(22)13-3-5-14(19)6-4-13/h3-6,15,17,22H,7-10H2,1-2H3. The van der Waals surface area contributed by atoms with E-state index in [4.69, 9.17) is 4.52 Å². The highest BCUT2D eigenvalue weighted by Gasteiger charge is 2.34. The lowest BCUT2D eigenvalue weighted by Crippen LogP contribution is -2.37. The number of carbonyl (C=O) groups is 1. The molecule has 128 valence electrons. The van der Waals surface area contributed by atoms with Gasteiger partial charge in [-0.05, 0) is 44.4 Å². The Morgan fingerprint density at radius 3 is 2.58 bits per heavy atom. The molecule has 1 amide bonds. The largest absolute Gasteiger partial charge is 0.387 e. The Bertz CT molecular complexity index is 703. The van der Waals surface area contributed by atoms with Crippen LogP contribution >= 0.6 is 0 Å². The molecule has 1 aromatic carbocycles. The third-order valence-corrected chi connectivity index (χ3v) is 4.44. The summed E-state index contributed by atoms with van der Waals surface area (Å²) in [5.41, 5.74) is 2.13. The Kier molecular flexibility index (Phi) is 4.66. The summed E-state index contributed by atoms with van der Waals surface area (Å²) >= 11 is 0. The van der Waals surface area contributed by atoms with Crippen molar-refractivity contribution in [3.05, 3.63) is 52.7 Å². The number of rotatable bonds is 6. The van der Waals surface area contributed by atoms with Crippen LogP contribution in [0.15, 0.2) is 28.8 Å². The Hall–Kier alpha value is -2.21. The quantitative estimate of drug-likeness (QED) is 0.883. The van der Waals surface area contributed by atoms with Crippen molar-refractivity contribution in [3.63, 3.8) is 0 Å². The molecule has 1 atom stereocenters. The SMILES string of the molecule is Cc1noc(C)c1CC(=O)N(CC(O)c1ccc(F)cc1)C1CC1. The molecule has 0 aliphatic heterocycles. The smallest absolute Gasteiger partial charge is 0.227 e. The van der Waals surface area contributed by atoms with Crippen molar-refractivity contribution in [3.8, 4) is 0 Å². The zero-order valence-corrected chi connectivity index (χ0v) is 13.8. The van der Waals surface area contributed by atoms with Crippen molar-refractivity contribution in [1.29, 1.82) is 0 Å². The second-order valence-corrected chi connectivity index (χ2v) is 6.32. The van der Waals surface area contributed by atoms with Crippen LogP contribution in [-0.2, 0) is 11.2 Å². The molecule has 6 heteroatoms. The summed E-state index contributed by atoms with van der Waals surface area (Å²) in [5, 5.41) is 14.3. The van der Waals surface area contributed by atoms with Crippen LogP contribution in [0.25, 0.3) is 0 Å². The van der Waals surface area contributed by atoms with Crippen LogP contribution in [0, 0.1) is 19.7 Å². The molecule has 0 spiro atoms. The summed E-state index contributed by atoms with van der Waals surface area (Å²) in [4.78, 5) is 14.4. The molecular weight excluding hydrogens is 311 g/mol. The van der Waals surface area contributed by atoms with Gasteiger partial charge >= 0.3 is 0 Å². The van der Waals surface area contributed by atoms with Gasteiger partial charge < -0.3 is 14.5 Å². The van der Waals surface area contributed by atoms with E-state index in [9.17, 15) is 14.3 Å². The lowest BCUT2D eigenvalue weighted by Gasteiger charge is -2.25. The number of hydrogen-bond donors (Lipinski definition) is 1. The summed E-state index contributed by atoms with van der Waals surface area (Å²) in [6, 6.07) is 5.89. The van der Waals surface area contributed by atoms with Gasteiger partial charge in [-0.25, -0.2) is 4.39 Å². The van der Waals surface area contributed by atoms with Crippen LogP contribution in [0.5, 0.6) is 0 Å². The van der Waals surface area contributed by atoms with E-state index in [-0.39, 0.29) is 30.7 Å². The third-order valence-electron chi connectivity index (χ3n) is 4.44. The van der Waals surface area contributed by atoms with Crippen molar-refractivity contribution < 1.29 is 18.8 Å². The van der Waals surface area contributed by atoms with Gasteiger partial charge in [-0.3, -0.25) is 4.79 Å². The molecule has 2 aromatic rings. The molecule has 1 aliphatic carbocycles. The minimum Gasteiger partial charge on any atom is -0.387 e. The number of carbonyl (C=O) groups excluding carboxylic acids is 1. The summed E-state index contributed by atoms with van der Waals surface area (Å²) in [6.45, 7) is 3.81. The van der Waals surface area contributed by atoms with E-state index in [1.807, 2.05) is 6.92 Å². The number of aliphatic hydroxyl groups is 1. The monoisotopic (exact) mass is 332 g/mol. The van der Waals surface area contributed by atoms with Crippen molar-refractivity contribution in [2.45, 2.75) is 45.3 Å². The van der Waals surface area contributed by atoms with Crippen LogP contribution in [0.2, 0.25) is 0 Å². The van der Waals surface area contributed by atoms with E-state index < -0.39 is 6.10 Å². The highest BCUT2D eigenvalue weighted by molar-refractivity contribution is 5.80. The van der Waals surface area contributed by atoms with Crippen molar-refractivity contribution in [2.24, 2.45) is 0 Å². The molecule has 0 radical (unpaired) electrons. The van der Waals surface area contributed by atoms with Gasteiger partial charge in [0.1, 0.15) is 11.6 Å². The Morgan fingerprint density at radius 1 is 1.38 bits per heavy atom. The first kappa shape index (κ1) is 16.6. The lowest BCUT2D eigenvalue weighted by molar-refractivity contribution is -0.132. The van der Waals surface area contributed by atoms with E-state index in [0.717, 1.165) is 24.1 Å². The second-order valence-electron chi connectivity index (χ2n) is 6.32. The van der Waals surface area contributed by atoms with Crippen LogP contribution in [0.1, 0.15) is 41.5 Å². The average Bonchev–Trinajstić information content (AvgIpc) is 3.35. The predicted octanol–water partition coefficient (Wildman–Crippen LogP) is 2.70. The molecule has 1 aromatic heterocycles. The van der Waals surface area contributed by atoms with Gasteiger partial charge in [0.2, 0.25) is 5.91 Å². The van der Waals surface area contributed by atoms with Crippen LogP contribution in [-0.4, -0.2) is 33.7 Å². The van der Waals surface area contributed by atoms with E-state index >= 15 is 0 Å². The zero-order valence-electron chi connectivity index (χ0n) is 13.8. The lowest BCUT2D eigenvalue weighted by atomic mass is 10.1. The van der Waals surface area contributed by atoms with Gasteiger partial charge in [-0.2, -0.15) is 0 Å². The number of benzene rings is 1. The maximum absolute atomic E-state index is 13.0. The number of aliphatic hydroxyl groups excluding tert-OH is 1. The van der Waals surface area contributed by atoms with E-state index in [0.29, 0.717) is 11.3 Å². The highest BCUT2D eigenvalue weighted by atomic mass is 19.1. The third kappa shape index (κ3) is 3.64. The first-order valence-electron chi connectivity index (χ1n) is 8.10. The molecule has 1 heterocycles. The van der Waals surface area contributed by atoms with E-state index in [1.165, 1.54) is 12.1 Å². The van der Waals surface area contributed by atoms with Gasteiger partial charge in [-0.1, -0.05) is 17.3 Å². The predicted molar refractivity (Wildman–Crippen MR) is 85.8 cm³/mol. The average molecular weight is 332 g/mol. The maximum atomic E-state index is 13.0. The summed E-state index contributed by atoms with van der Waals surface area (Å²) in [6.07, 6.45) is 1.28. The van der Waals surface area contributed by atoms with Gasteiger partial charge in [0.25, 0.3) is 0 Å². The number of hydrogen-bond acceptors (Lipinski definition) is 4. The summed E-state index contributed by atoms with van der Waals surface area (Å²) in [5.74, 6) is 0.253. The molecule has 1 unspecified atom stereocenters. The molecule has 0 bridgehead atoms. The second kappa shape index (κ2) is 6.73. The molecule has 1 saturated carbocycles. The number of amides is 1. The molecule has 5 nitrogen and oxygen atoms in total. The summed E-state index contributed by atoms with van der Waals surface area (Å²) in [7, 11) is 0. The Labute approximate surface area is 140 Å². The number of aromatic nitrogens is 1. The Morgan fingerprint density at radius 2 is 2.04 bits per heavy atom. The molecule has 1 aliphatic rings. The number of halogens is 1. The zero-order chi connectivity index (χ0) is 17.3. The van der Waals surface area contributed by atoms with Crippen molar-refractivity contribution in [2.75, 3.05) is 6.54 Å². The molecule has 0 saturated heterocycles. The maximum Gasteiger partial charge on any atom is 0.227 e. The first-order chi connectivity index (χ1) is 11.5. The Balaban J connectivity index is 1.70. The minimum absolute atomic E-state index is 0.0481. The number of nitrogens with zero attached hydrogens (tertiary/aromatic N) is 2. The topological polar surface area (TPSA) is 66.6 Å². The van der Waals surface area contributed by atoms with Crippen LogP contribution < -0.4 is 0 Å². The normalized spacial score (nSPS) is 15.3. The fourth-order valence-electron chi connectivity index (χ4n) is 2.82. The molecule has 3 rings (SSSR count). The fourth-order valence-corrected chi connectivity index (χ4v) is 2.82. The highest BCUT2D eigenvalue weighted by Crippen LogP contribution is 2.30. The van der Waals surface area contributed by atoms with Crippen LogP contribution in [0.3, 0.4) is 0 Å². The van der Waals surface area contributed by atoms with Gasteiger partial charge in [0.05, 0.1) is 24.8 Å². The number of aryl methyl sites for hydroxylation is 2. The van der Waals surface area contributed by atoms with Gasteiger partial charge in [0, 0.05) is 11.6 Å². The van der Waals surface area contributed by atoms with Gasteiger partial charge in [0.15, 0.2) is 0 Å². The van der Waals surface area contributed by atoms with E-state index in [2.05, 4.69) is 5.16 Å². The summed E-state index contributed by atoms with van der Waals surface area (Å²) < 4.78 is 18.1. The fraction of sp³-hybridized carbons (Fsp3) is 0.444. The van der Waals surface area contributed by atoms with Crippen molar-refractivity contribution in [1.82, 2.24) is 10.1 Å². The minimum atomic E-state index is -0.834. The molecular formula is C18H21FN2O3. The van der Waals surface area contributed by atoms with E-state index in [1.54, 1.807) is 24.0 Å². The molecule has 24 heavy (non-hydrogen) atoms. The van der Waals surface area contributed by atoms with Crippen molar-refractivity contribution >= 4 is 5.91 Å². The first-order valence-corrected chi connectivity index (χ1v) is 8.10. The van der Waals surface area contributed by atoms with Gasteiger partial charge in [-0.15, -0.1) is 0 Å².